The largest absolute Gasteiger partial charge is 0.464 e. The zero-order valence-corrected chi connectivity index (χ0v) is 27.4. The molecule has 0 aliphatic rings. The van der Waals surface area contributed by atoms with Crippen LogP contribution in [-0.4, -0.2) is 35.7 Å². The molecule has 0 rings (SSSR count). The Balaban J connectivity index is 3.93. The van der Waals surface area contributed by atoms with Gasteiger partial charge in [0, 0.05) is 19.3 Å². The monoisotopic (exact) mass is 578 g/mol. The number of unbranched alkanes of at least 4 members (excludes halogenated alkanes) is 21. The molecule has 0 heterocycles. The predicted octanol–water partition coefficient (Wildman–Crippen LogP) is 9.58. The molecule has 0 aromatic rings. The molecule has 2 N–H and O–H groups in total. The number of esters is 1. The highest BCUT2D eigenvalue weighted by Crippen LogP contribution is 2.15. The molecule has 2 atom stereocenters. The van der Waals surface area contributed by atoms with Gasteiger partial charge in [-0.3, -0.25) is 4.79 Å². The fourth-order valence-electron chi connectivity index (χ4n) is 5.28. The number of carbonyl (C=O) groups excluding carboxylic acids is 2. The van der Waals surface area contributed by atoms with Crippen molar-refractivity contribution in [2.75, 3.05) is 6.61 Å². The number of ether oxygens (including phenoxy) is 1. The molecule has 0 unspecified atom stereocenters. The van der Waals surface area contributed by atoms with E-state index in [1.54, 1.807) is 6.92 Å². The normalized spacial score (nSPS) is 12.4. The van der Waals surface area contributed by atoms with E-state index in [9.17, 15) is 14.7 Å². The summed E-state index contributed by atoms with van der Waals surface area (Å²) in [5.41, 5.74) is 0. The third-order valence-electron chi connectivity index (χ3n) is 7.85. The standard InChI is InChI=1S/C36H67NO4/c1-4-7-9-11-13-15-17-19-21-23-25-27-29-31-33(38)35(36(40)41-6-3)37-34(39)32-30-28-26-24-22-20-18-16-14-12-10-8-5-2/h33,35,38H,4-6,8,10-32H2,1-3H3,(H,37,39)/t33-,35-/m1/s1. The third-order valence-corrected chi connectivity index (χ3v) is 7.85. The van der Waals surface area contributed by atoms with E-state index in [-0.39, 0.29) is 12.5 Å². The summed E-state index contributed by atoms with van der Waals surface area (Å²) in [5.74, 6) is 5.64. The molecule has 1 amide bonds. The van der Waals surface area contributed by atoms with Crippen LogP contribution in [0.4, 0.5) is 0 Å². The molecule has 0 saturated carbocycles. The van der Waals surface area contributed by atoms with Crippen molar-refractivity contribution in [3.05, 3.63) is 0 Å². The number of aliphatic hydroxyl groups excluding tert-OH is 1. The number of nitrogens with one attached hydrogen (secondary N) is 1. The van der Waals surface area contributed by atoms with Crippen LogP contribution in [-0.2, 0) is 14.3 Å². The van der Waals surface area contributed by atoms with Crippen LogP contribution < -0.4 is 5.32 Å². The summed E-state index contributed by atoms with van der Waals surface area (Å²) in [5, 5.41) is 13.5. The summed E-state index contributed by atoms with van der Waals surface area (Å²) < 4.78 is 5.15. The minimum Gasteiger partial charge on any atom is -0.464 e. The number of aliphatic hydroxyl groups is 1. The molecule has 0 bridgehead atoms. The van der Waals surface area contributed by atoms with Crippen LogP contribution in [0.3, 0.4) is 0 Å². The van der Waals surface area contributed by atoms with E-state index in [0.29, 0.717) is 12.8 Å². The summed E-state index contributed by atoms with van der Waals surface area (Å²) in [7, 11) is 0. The lowest BCUT2D eigenvalue weighted by Gasteiger charge is -2.22. The Hall–Kier alpha value is -1.54. The van der Waals surface area contributed by atoms with Crippen molar-refractivity contribution >= 4 is 11.9 Å². The Bertz CT molecular complexity index is 654. The SMILES string of the molecule is CCC#CCCCCCCCCCCC[C@@H](O)[C@@H](NC(=O)CCCCCCCCCCCCCCC)C(=O)OCC. The number of hydrogen-bond acceptors (Lipinski definition) is 4. The average Bonchev–Trinajstić information content (AvgIpc) is 2.96. The molecule has 0 spiro atoms. The van der Waals surface area contributed by atoms with Crippen molar-refractivity contribution in [2.45, 2.75) is 200 Å². The molecular formula is C36H67NO4. The van der Waals surface area contributed by atoms with Gasteiger partial charge in [0.15, 0.2) is 6.04 Å². The van der Waals surface area contributed by atoms with E-state index in [1.807, 2.05) is 0 Å². The summed E-state index contributed by atoms with van der Waals surface area (Å²) in [6.45, 7) is 6.34. The molecule has 0 aliphatic heterocycles. The number of hydrogen-bond donors (Lipinski definition) is 2. The van der Waals surface area contributed by atoms with Crippen LogP contribution in [0.2, 0.25) is 0 Å². The van der Waals surface area contributed by atoms with E-state index in [4.69, 9.17) is 4.74 Å². The fourth-order valence-corrected chi connectivity index (χ4v) is 5.28. The fraction of sp³-hybridized carbons (Fsp3) is 0.889. The van der Waals surface area contributed by atoms with Crippen molar-refractivity contribution in [2.24, 2.45) is 0 Å². The molecule has 5 nitrogen and oxygen atoms in total. The number of rotatable bonds is 29. The second kappa shape index (κ2) is 31.4. The molecule has 41 heavy (non-hydrogen) atoms. The van der Waals surface area contributed by atoms with Crippen molar-refractivity contribution in [1.29, 1.82) is 0 Å². The van der Waals surface area contributed by atoms with E-state index < -0.39 is 18.1 Å². The number of amides is 1. The Labute approximate surface area is 254 Å². The van der Waals surface area contributed by atoms with E-state index in [2.05, 4.69) is 31.0 Å². The van der Waals surface area contributed by atoms with E-state index >= 15 is 0 Å². The zero-order chi connectivity index (χ0) is 30.2. The van der Waals surface area contributed by atoms with Gasteiger partial charge in [-0.2, -0.15) is 0 Å². The van der Waals surface area contributed by atoms with Gasteiger partial charge in [0.05, 0.1) is 12.7 Å². The van der Waals surface area contributed by atoms with Gasteiger partial charge in [0.25, 0.3) is 0 Å². The lowest BCUT2D eigenvalue weighted by molar-refractivity contribution is -0.151. The summed E-state index contributed by atoms with van der Waals surface area (Å²) >= 11 is 0. The van der Waals surface area contributed by atoms with E-state index in [0.717, 1.165) is 51.4 Å². The second-order valence-electron chi connectivity index (χ2n) is 11.8. The van der Waals surface area contributed by atoms with Gasteiger partial charge in [0.1, 0.15) is 0 Å². The quantitative estimate of drug-likeness (QED) is 0.0527. The molecular weight excluding hydrogens is 510 g/mol. The summed E-state index contributed by atoms with van der Waals surface area (Å²) in [6.07, 6.45) is 28.9. The van der Waals surface area contributed by atoms with Gasteiger partial charge >= 0.3 is 5.97 Å². The predicted molar refractivity (Wildman–Crippen MR) is 174 cm³/mol. The minimum absolute atomic E-state index is 0.164. The smallest absolute Gasteiger partial charge is 0.331 e. The second-order valence-corrected chi connectivity index (χ2v) is 11.8. The highest BCUT2D eigenvalue weighted by atomic mass is 16.5. The first kappa shape index (κ1) is 39.5. The van der Waals surface area contributed by atoms with Crippen LogP contribution in [0, 0.1) is 11.8 Å². The molecule has 0 aromatic carbocycles. The van der Waals surface area contributed by atoms with Crippen LogP contribution >= 0.6 is 0 Å². The van der Waals surface area contributed by atoms with Crippen LogP contribution in [0.5, 0.6) is 0 Å². The highest BCUT2D eigenvalue weighted by Gasteiger charge is 2.29. The van der Waals surface area contributed by atoms with Gasteiger partial charge in [0.2, 0.25) is 5.91 Å². The molecule has 5 heteroatoms. The molecule has 0 aliphatic carbocycles. The maximum absolute atomic E-state index is 12.5. The molecule has 0 fully saturated rings. The zero-order valence-electron chi connectivity index (χ0n) is 27.4. The first-order valence-electron chi connectivity index (χ1n) is 17.7. The number of carbonyl (C=O) groups is 2. The van der Waals surface area contributed by atoms with Crippen molar-refractivity contribution in [1.82, 2.24) is 5.32 Å². The summed E-state index contributed by atoms with van der Waals surface area (Å²) in [6, 6.07) is -0.966. The Morgan fingerprint density at radius 3 is 1.59 bits per heavy atom. The molecule has 0 aromatic heterocycles. The topological polar surface area (TPSA) is 75.6 Å². The Morgan fingerprint density at radius 2 is 1.10 bits per heavy atom. The average molecular weight is 578 g/mol. The van der Waals surface area contributed by atoms with Gasteiger partial charge in [-0.25, -0.2) is 4.79 Å². The first-order valence-corrected chi connectivity index (χ1v) is 17.7. The molecule has 0 radical (unpaired) electrons. The van der Waals surface area contributed by atoms with Crippen molar-refractivity contribution in [3.63, 3.8) is 0 Å². The molecule has 240 valence electrons. The lowest BCUT2D eigenvalue weighted by atomic mass is 10.0. The van der Waals surface area contributed by atoms with Gasteiger partial charge in [-0.05, 0) is 26.2 Å². The van der Waals surface area contributed by atoms with Crippen molar-refractivity contribution in [3.8, 4) is 11.8 Å². The Morgan fingerprint density at radius 1 is 0.634 bits per heavy atom. The highest BCUT2D eigenvalue weighted by molar-refractivity contribution is 5.84. The van der Waals surface area contributed by atoms with Crippen LogP contribution in [0.15, 0.2) is 0 Å². The minimum atomic E-state index is -0.966. The third kappa shape index (κ3) is 27.1. The maximum atomic E-state index is 12.5. The molecule has 0 saturated heterocycles. The van der Waals surface area contributed by atoms with Gasteiger partial charge < -0.3 is 15.2 Å². The summed E-state index contributed by atoms with van der Waals surface area (Å²) in [4.78, 5) is 25.0. The van der Waals surface area contributed by atoms with Crippen LogP contribution in [0.1, 0.15) is 188 Å². The lowest BCUT2D eigenvalue weighted by Crippen LogP contribution is -2.49. The first-order chi connectivity index (χ1) is 20.1. The van der Waals surface area contributed by atoms with Crippen molar-refractivity contribution < 1.29 is 19.4 Å². The van der Waals surface area contributed by atoms with Gasteiger partial charge in [-0.1, -0.05) is 142 Å². The maximum Gasteiger partial charge on any atom is 0.331 e. The Kier molecular flexibility index (Phi) is 30.2. The van der Waals surface area contributed by atoms with Crippen LogP contribution in [0.25, 0.3) is 0 Å². The van der Waals surface area contributed by atoms with E-state index in [1.165, 1.54) is 103 Å². The van der Waals surface area contributed by atoms with Gasteiger partial charge in [-0.15, -0.1) is 11.8 Å².